The molecule has 3 amide bonds. The number of imide groups is 1. The van der Waals surface area contributed by atoms with Crippen LogP contribution in [0.3, 0.4) is 0 Å². The van der Waals surface area contributed by atoms with E-state index in [-0.39, 0.29) is 17.9 Å². The number of benzene rings is 2. The summed E-state index contributed by atoms with van der Waals surface area (Å²) in [7, 11) is 1.56. The van der Waals surface area contributed by atoms with Gasteiger partial charge >= 0.3 is 6.03 Å². The molecule has 0 bridgehead atoms. The Labute approximate surface area is 207 Å². The van der Waals surface area contributed by atoms with Crippen molar-refractivity contribution >= 4 is 28.9 Å². The number of unbranched alkanes of at least 4 members (excludes halogenated alkanes) is 7. The van der Waals surface area contributed by atoms with Gasteiger partial charge in [0.15, 0.2) is 0 Å². The first-order valence-electron chi connectivity index (χ1n) is 12.5. The molecule has 0 aliphatic carbocycles. The van der Waals surface area contributed by atoms with Crippen LogP contribution in [0.25, 0.3) is 5.57 Å². The van der Waals surface area contributed by atoms with Gasteiger partial charge in [-0.15, -0.1) is 0 Å². The molecule has 1 aliphatic rings. The molecule has 1 heterocycles. The van der Waals surface area contributed by atoms with Crippen LogP contribution in [0, 0.1) is 0 Å². The van der Waals surface area contributed by atoms with E-state index in [9.17, 15) is 14.7 Å². The van der Waals surface area contributed by atoms with Crippen molar-refractivity contribution in [3.8, 4) is 5.75 Å². The Hall–Kier alpha value is -3.32. The maximum Gasteiger partial charge on any atom is 0.333 e. The molecule has 188 valence electrons. The maximum atomic E-state index is 13.2. The molecule has 0 aromatic heterocycles. The molecule has 0 fully saturated rings. The standard InChI is InChI=1S/C28H36N2O5/c1-3-4-5-6-7-8-9-12-19-35-20-25(31)26-23-13-10-11-14-24(23)30(27(26)32)28(33)29-21-15-17-22(34-2)18-16-21/h10-11,13-18,31H,3-9,12,19-20H2,1-2H3,(H,29,33). The number of carbonyl (C=O) groups excluding carboxylic acids is 2. The summed E-state index contributed by atoms with van der Waals surface area (Å²) in [6, 6.07) is 13.1. The highest BCUT2D eigenvalue weighted by molar-refractivity contribution is 6.41. The van der Waals surface area contributed by atoms with Crippen molar-refractivity contribution in [2.24, 2.45) is 0 Å². The monoisotopic (exact) mass is 480 g/mol. The fraction of sp³-hybridized carbons (Fsp3) is 0.429. The summed E-state index contributed by atoms with van der Waals surface area (Å²) in [6.07, 6.45) is 9.58. The van der Waals surface area contributed by atoms with E-state index in [2.05, 4.69) is 12.2 Å². The molecule has 2 N–H and O–H groups in total. The van der Waals surface area contributed by atoms with Crippen LogP contribution in [0.2, 0.25) is 0 Å². The average Bonchev–Trinajstić information content (AvgIpc) is 3.17. The topological polar surface area (TPSA) is 88.1 Å². The van der Waals surface area contributed by atoms with E-state index in [0.29, 0.717) is 29.3 Å². The summed E-state index contributed by atoms with van der Waals surface area (Å²) in [4.78, 5) is 27.2. The molecular weight excluding hydrogens is 444 g/mol. The predicted octanol–water partition coefficient (Wildman–Crippen LogP) is 6.70. The number of nitrogens with zero attached hydrogens (tertiary/aromatic N) is 1. The van der Waals surface area contributed by atoms with Crippen LogP contribution in [0.4, 0.5) is 16.2 Å². The lowest BCUT2D eigenvalue weighted by Gasteiger charge is -2.16. The van der Waals surface area contributed by atoms with Gasteiger partial charge in [0.05, 0.1) is 18.4 Å². The Morgan fingerprint density at radius 2 is 1.60 bits per heavy atom. The summed E-state index contributed by atoms with van der Waals surface area (Å²) in [6.45, 7) is 2.66. The Balaban J connectivity index is 1.57. The SMILES string of the molecule is CCCCCCCCCCOCC(O)=C1C(=O)N(C(=O)Nc2ccc(OC)cc2)c2ccccc21. The highest BCUT2D eigenvalue weighted by atomic mass is 16.5. The quantitative estimate of drug-likeness (QED) is 0.189. The number of urea groups is 1. The van der Waals surface area contributed by atoms with Gasteiger partial charge in [0.1, 0.15) is 18.1 Å². The average molecular weight is 481 g/mol. The highest BCUT2D eigenvalue weighted by Crippen LogP contribution is 2.38. The molecule has 35 heavy (non-hydrogen) atoms. The molecule has 0 saturated heterocycles. The number of methoxy groups -OCH3 is 1. The molecule has 0 saturated carbocycles. The number of para-hydroxylation sites is 1. The third-order valence-electron chi connectivity index (χ3n) is 6.05. The number of fused-ring (bicyclic) bond motifs is 1. The Morgan fingerprint density at radius 3 is 2.29 bits per heavy atom. The molecule has 2 aromatic rings. The fourth-order valence-corrected chi connectivity index (χ4v) is 4.13. The smallest absolute Gasteiger partial charge is 0.333 e. The third kappa shape index (κ3) is 7.09. The molecule has 0 radical (unpaired) electrons. The van der Waals surface area contributed by atoms with Crippen molar-refractivity contribution < 1.29 is 24.2 Å². The number of anilines is 2. The van der Waals surface area contributed by atoms with E-state index in [4.69, 9.17) is 9.47 Å². The number of nitrogens with one attached hydrogen (secondary N) is 1. The van der Waals surface area contributed by atoms with E-state index < -0.39 is 11.9 Å². The number of hydrogen-bond acceptors (Lipinski definition) is 5. The zero-order chi connectivity index (χ0) is 25.0. The van der Waals surface area contributed by atoms with Gasteiger partial charge in [-0.05, 0) is 36.8 Å². The zero-order valence-corrected chi connectivity index (χ0v) is 20.7. The Morgan fingerprint density at radius 1 is 0.943 bits per heavy atom. The lowest BCUT2D eigenvalue weighted by Crippen LogP contribution is -2.37. The molecule has 0 spiro atoms. The van der Waals surface area contributed by atoms with Crippen LogP contribution in [0.5, 0.6) is 5.75 Å². The van der Waals surface area contributed by atoms with Gasteiger partial charge < -0.3 is 19.9 Å². The molecule has 0 atom stereocenters. The van der Waals surface area contributed by atoms with Crippen LogP contribution in [-0.4, -0.2) is 37.4 Å². The summed E-state index contributed by atoms with van der Waals surface area (Å²) < 4.78 is 10.8. The molecule has 2 aromatic carbocycles. The van der Waals surface area contributed by atoms with E-state index in [1.807, 2.05) is 0 Å². The van der Waals surface area contributed by atoms with Crippen LogP contribution in [-0.2, 0) is 9.53 Å². The van der Waals surface area contributed by atoms with E-state index >= 15 is 0 Å². The molecule has 0 unspecified atom stereocenters. The van der Waals surface area contributed by atoms with Gasteiger partial charge in [-0.3, -0.25) is 4.79 Å². The maximum absolute atomic E-state index is 13.2. The zero-order valence-electron chi connectivity index (χ0n) is 20.7. The summed E-state index contributed by atoms with van der Waals surface area (Å²) >= 11 is 0. The minimum Gasteiger partial charge on any atom is -0.509 e. The number of amides is 3. The van der Waals surface area contributed by atoms with E-state index in [1.54, 1.807) is 55.6 Å². The number of carbonyl (C=O) groups is 2. The van der Waals surface area contributed by atoms with Crippen LogP contribution in [0.1, 0.15) is 63.9 Å². The minimum absolute atomic E-state index is 0.0696. The van der Waals surface area contributed by atoms with Gasteiger partial charge in [0.2, 0.25) is 0 Å². The first-order chi connectivity index (χ1) is 17.1. The summed E-state index contributed by atoms with van der Waals surface area (Å²) in [5.41, 5.74) is 1.56. The minimum atomic E-state index is -0.602. The first-order valence-corrected chi connectivity index (χ1v) is 12.5. The van der Waals surface area contributed by atoms with E-state index in [0.717, 1.165) is 17.7 Å². The Kier molecular flexibility index (Phi) is 10.2. The van der Waals surface area contributed by atoms with Gasteiger partial charge in [-0.2, -0.15) is 0 Å². The van der Waals surface area contributed by atoms with Gasteiger partial charge in [0.25, 0.3) is 5.91 Å². The molecular formula is C28H36N2O5. The molecule has 7 heteroatoms. The van der Waals surface area contributed by atoms with Crippen molar-refractivity contribution in [3.05, 3.63) is 59.9 Å². The largest absolute Gasteiger partial charge is 0.509 e. The van der Waals surface area contributed by atoms with Crippen LogP contribution < -0.4 is 15.0 Å². The molecule has 7 nitrogen and oxygen atoms in total. The van der Waals surface area contributed by atoms with Crippen LogP contribution >= 0.6 is 0 Å². The normalized spacial score (nSPS) is 14.1. The molecule has 1 aliphatic heterocycles. The summed E-state index contributed by atoms with van der Waals surface area (Å²) in [5, 5.41) is 13.4. The Bertz CT molecular complexity index is 1020. The van der Waals surface area contributed by atoms with E-state index in [1.165, 1.54) is 38.5 Å². The van der Waals surface area contributed by atoms with Gasteiger partial charge in [-0.1, -0.05) is 70.1 Å². The van der Waals surface area contributed by atoms with Crippen molar-refractivity contribution in [2.45, 2.75) is 58.3 Å². The second-order valence-electron chi connectivity index (χ2n) is 8.67. The van der Waals surface area contributed by atoms with Crippen molar-refractivity contribution in [1.29, 1.82) is 0 Å². The second-order valence-corrected chi connectivity index (χ2v) is 8.67. The second kappa shape index (κ2) is 13.5. The van der Waals surface area contributed by atoms with Crippen LogP contribution in [0.15, 0.2) is 54.3 Å². The third-order valence-corrected chi connectivity index (χ3v) is 6.05. The first kappa shape index (κ1) is 26.3. The molecule has 3 rings (SSSR count). The predicted molar refractivity (Wildman–Crippen MR) is 139 cm³/mol. The van der Waals surface area contributed by atoms with Crippen molar-refractivity contribution in [3.63, 3.8) is 0 Å². The number of aliphatic hydroxyl groups is 1. The number of rotatable bonds is 13. The highest BCUT2D eigenvalue weighted by Gasteiger charge is 2.38. The lowest BCUT2D eigenvalue weighted by molar-refractivity contribution is -0.112. The van der Waals surface area contributed by atoms with Crippen molar-refractivity contribution in [2.75, 3.05) is 30.5 Å². The number of aliphatic hydroxyl groups excluding tert-OH is 1. The number of ether oxygens (including phenoxy) is 2. The van der Waals surface area contributed by atoms with Crippen molar-refractivity contribution in [1.82, 2.24) is 0 Å². The van der Waals surface area contributed by atoms with Gasteiger partial charge in [-0.25, -0.2) is 9.69 Å². The summed E-state index contributed by atoms with van der Waals surface area (Å²) in [5.74, 6) is -0.0835. The fourth-order valence-electron chi connectivity index (χ4n) is 4.13. The lowest BCUT2D eigenvalue weighted by atomic mass is 10.1. The van der Waals surface area contributed by atoms with Gasteiger partial charge in [0, 0.05) is 17.9 Å². The number of hydrogen-bond donors (Lipinski definition) is 2.